The predicted molar refractivity (Wildman–Crippen MR) is 76.1 cm³/mol. The smallest absolute Gasteiger partial charge is 0.137 e. The minimum Gasteiger partial charge on any atom is -0.383 e. The number of hydrogen-bond acceptors (Lipinski definition) is 2. The van der Waals surface area contributed by atoms with E-state index in [-0.39, 0.29) is 5.82 Å². The average Bonchev–Trinajstić information content (AvgIpc) is 2.31. The van der Waals surface area contributed by atoms with Crippen LogP contribution in [0.4, 0.5) is 4.39 Å². The molecule has 0 atom stereocenters. The van der Waals surface area contributed by atoms with Gasteiger partial charge in [-0.05, 0) is 33.5 Å². The van der Waals surface area contributed by atoms with Crippen molar-refractivity contribution < 1.29 is 9.13 Å². The van der Waals surface area contributed by atoms with Crippen LogP contribution < -0.4 is 0 Å². The van der Waals surface area contributed by atoms with Crippen molar-refractivity contribution in [2.75, 3.05) is 26.8 Å². The number of halogens is 2. The Morgan fingerprint density at radius 1 is 1.39 bits per heavy atom. The van der Waals surface area contributed by atoms with Gasteiger partial charge in [0.1, 0.15) is 5.82 Å². The minimum atomic E-state index is -0.205. The molecule has 0 aliphatic heterocycles. The fourth-order valence-corrected chi connectivity index (χ4v) is 2.27. The van der Waals surface area contributed by atoms with E-state index in [0.717, 1.165) is 25.2 Å². The lowest BCUT2D eigenvalue weighted by molar-refractivity contribution is 0.136. The third-order valence-electron chi connectivity index (χ3n) is 2.66. The van der Waals surface area contributed by atoms with Gasteiger partial charge >= 0.3 is 0 Å². The van der Waals surface area contributed by atoms with Gasteiger partial charge in [0.05, 0.1) is 11.1 Å². The molecular weight excluding hydrogens is 297 g/mol. The van der Waals surface area contributed by atoms with E-state index in [0.29, 0.717) is 17.0 Å². The summed E-state index contributed by atoms with van der Waals surface area (Å²) in [6.45, 7) is 7.63. The number of ether oxygens (including phenoxy) is 1. The summed E-state index contributed by atoms with van der Waals surface area (Å²) in [5.41, 5.74) is 0.978. The number of methoxy groups -OCH3 is 1. The molecule has 102 valence electrons. The van der Waals surface area contributed by atoms with Crippen LogP contribution in [-0.4, -0.2) is 31.7 Å². The molecule has 4 heteroatoms. The van der Waals surface area contributed by atoms with Crippen LogP contribution in [0.3, 0.4) is 0 Å². The average molecular weight is 318 g/mol. The van der Waals surface area contributed by atoms with Gasteiger partial charge in [0, 0.05) is 26.7 Å². The van der Waals surface area contributed by atoms with E-state index in [1.165, 1.54) is 6.07 Å². The summed E-state index contributed by atoms with van der Waals surface area (Å²) in [4.78, 5) is 2.29. The molecule has 0 radical (unpaired) electrons. The zero-order valence-corrected chi connectivity index (χ0v) is 12.8. The molecule has 0 N–H and O–H groups in total. The van der Waals surface area contributed by atoms with E-state index in [9.17, 15) is 4.39 Å². The second-order valence-corrected chi connectivity index (χ2v) is 5.63. The molecule has 0 saturated heterocycles. The molecule has 0 bridgehead atoms. The summed E-state index contributed by atoms with van der Waals surface area (Å²) >= 11 is 3.31. The Balaban J connectivity index is 2.72. The van der Waals surface area contributed by atoms with Crippen molar-refractivity contribution in [1.29, 1.82) is 0 Å². The number of hydrogen-bond donors (Lipinski definition) is 0. The quantitative estimate of drug-likeness (QED) is 0.760. The number of benzene rings is 1. The molecule has 2 nitrogen and oxygen atoms in total. The first-order chi connectivity index (χ1) is 8.54. The fourth-order valence-electron chi connectivity index (χ4n) is 1.88. The first-order valence-corrected chi connectivity index (χ1v) is 6.98. The second-order valence-electron chi connectivity index (χ2n) is 4.83. The van der Waals surface area contributed by atoms with Crippen LogP contribution in [0.2, 0.25) is 0 Å². The molecular formula is C14H21BrFNO. The van der Waals surface area contributed by atoms with Gasteiger partial charge in [-0.2, -0.15) is 0 Å². The van der Waals surface area contributed by atoms with Gasteiger partial charge < -0.3 is 4.74 Å². The van der Waals surface area contributed by atoms with Crippen molar-refractivity contribution in [3.8, 4) is 0 Å². The molecule has 0 heterocycles. The Morgan fingerprint density at radius 3 is 2.72 bits per heavy atom. The molecule has 0 saturated carbocycles. The zero-order valence-electron chi connectivity index (χ0n) is 11.2. The Bertz CT molecular complexity index is 371. The Kier molecular flexibility index (Phi) is 6.82. The van der Waals surface area contributed by atoms with E-state index < -0.39 is 0 Å². The summed E-state index contributed by atoms with van der Waals surface area (Å²) in [6, 6.07) is 5.17. The molecule has 1 aromatic carbocycles. The van der Waals surface area contributed by atoms with Crippen LogP contribution in [0.25, 0.3) is 0 Å². The normalized spacial score (nSPS) is 11.5. The number of nitrogens with zero attached hydrogens (tertiary/aromatic N) is 1. The largest absolute Gasteiger partial charge is 0.383 e. The maximum absolute atomic E-state index is 13.5. The minimum absolute atomic E-state index is 0.205. The second kappa shape index (κ2) is 7.87. The van der Waals surface area contributed by atoms with Crippen LogP contribution in [-0.2, 0) is 11.3 Å². The first-order valence-electron chi connectivity index (χ1n) is 6.18. The standard InChI is InChI=1S/C14H21BrFNO/c1-11(2)9-17(7-8-18-3)10-12-5-4-6-13(16)14(12)15/h4-6,11H,7-10H2,1-3H3. The lowest BCUT2D eigenvalue weighted by atomic mass is 10.1. The van der Waals surface area contributed by atoms with E-state index in [4.69, 9.17) is 4.74 Å². The van der Waals surface area contributed by atoms with Gasteiger partial charge in [-0.1, -0.05) is 26.0 Å². The van der Waals surface area contributed by atoms with E-state index >= 15 is 0 Å². The monoisotopic (exact) mass is 317 g/mol. The summed E-state index contributed by atoms with van der Waals surface area (Å²) in [5, 5.41) is 0. The van der Waals surface area contributed by atoms with Crippen LogP contribution in [0, 0.1) is 11.7 Å². The molecule has 0 aliphatic carbocycles. The first kappa shape index (κ1) is 15.6. The highest BCUT2D eigenvalue weighted by molar-refractivity contribution is 9.10. The third kappa shape index (κ3) is 5.04. The van der Waals surface area contributed by atoms with Crippen LogP contribution in [0.5, 0.6) is 0 Å². The van der Waals surface area contributed by atoms with Gasteiger partial charge in [-0.3, -0.25) is 4.90 Å². The zero-order chi connectivity index (χ0) is 13.5. The van der Waals surface area contributed by atoms with Crippen molar-refractivity contribution in [1.82, 2.24) is 4.90 Å². The summed E-state index contributed by atoms with van der Waals surface area (Å²) in [6.07, 6.45) is 0. The van der Waals surface area contributed by atoms with Gasteiger partial charge in [-0.25, -0.2) is 4.39 Å². The molecule has 1 rings (SSSR count). The predicted octanol–water partition coefficient (Wildman–Crippen LogP) is 3.69. The highest BCUT2D eigenvalue weighted by atomic mass is 79.9. The van der Waals surface area contributed by atoms with Crippen molar-refractivity contribution in [3.63, 3.8) is 0 Å². The van der Waals surface area contributed by atoms with E-state index in [1.807, 2.05) is 6.07 Å². The maximum Gasteiger partial charge on any atom is 0.137 e. The van der Waals surface area contributed by atoms with E-state index in [2.05, 4.69) is 34.7 Å². The fraction of sp³-hybridized carbons (Fsp3) is 0.571. The molecule has 0 fully saturated rings. The summed E-state index contributed by atoms with van der Waals surface area (Å²) in [7, 11) is 1.70. The van der Waals surface area contributed by atoms with Crippen molar-refractivity contribution in [2.24, 2.45) is 5.92 Å². The lowest BCUT2D eigenvalue weighted by Crippen LogP contribution is -2.30. The molecule has 0 spiro atoms. The molecule has 0 aliphatic rings. The van der Waals surface area contributed by atoms with Crippen molar-refractivity contribution in [3.05, 3.63) is 34.1 Å². The van der Waals surface area contributed by atoms with Gasteiger partial charge in [0.15, 0.2) is 0 Å². The van der Waals surface area contributed by atoms with Crippen LogP contribution >= 0.6 is 15.9 Å². The van der Waals surface area contributed by atoms with E-state index in [1.54, 1.807) is 13.2 Å². The Labute approximate surface area is 117 Å². The Morgan fingerprint density at radius 2 is 2.11 bits per heavy atom. The maximum atomic E-state index is 13.5. The van der Waals surface area contributed by atoms with Crippen molar-refractivity contribution >= 4 is 15.9 Å². The topological polar surface area (TPSA) is 12.5 Å². The SMILES string of the molecule is COCCN(Cc1cccc(F)c1Br)CC(C)C. The summed E-state index contributed by atoms with van der Waals surface area (Å²) in [5.74, 6) is 0.373. The molecule has 1 aromatic rings. The van der Waals surface area contributed by atoms with Gasteiger partial charge in [0.2, 0.25) is 0 Å². The molecule has 0 unspecified atom stereocenters. The van der Waals surface area contributed by atoms with Crippen LogP contribution in [0.15, 0.2) is 22.7 Å². The van der Waals surface area contributed by atoms with Gasteiger partial charge in [0.25, 0.3) is 0 Å². The van der Waals surface area contributed by atoms with Crippen LogP contribution in [0.1, 0.15) is 19.4 Å². The highest BCUT2D eigenvalue weighted by Crippen LogP contribution is 2.22. The van der Waals surface area contributed by atoms with Gasteiger partial charge in [-0.15, -0.1) is 0 Å². The summed E-state index contributed by atoms with van der Waals surface area (Å²) < 4.78 is 19.1. The lowest BCUT2D eigenvalue weighted by Gasteiger charge is -2.24. The highest BCUT2D eigenvalue weighted by Gasteiger charge is 2.11. The molecule has 0 amide bonds. The van der Waals surface area contributed by atoms with Crippen molar-refractivity contribution in [2.45, 2.75) is 20.4 Å². The molecule has 18 heavy (non-hydrogen) atoms. The molecule has 0 aromatic heterocycles. The number of rotatable bonds is 7. The Hall–Kier alpha value is -0.450. The third-order valence-corrected chi connectivity index (χ3v) is 3.55.